The van der Waals surface area contributed by atoms with Crippen molar-refractivity contribution in [3.05, 3.63) is 28.4 Å². The molecule has 0 fully saturated rings. The normalized spacial score (nSPS) is 10.7. The molecule has 0 saturated carbocycles. The van der Waals surface area contributed by atoms with E-state index in [0.29, 0.717) is 0 Å². The molecule has 3 heteroatoms. The van der Waals surface area contributed by atoms with Gasteiger partial charge in [0.05, 0.1) is 6.33 Å². The number of hydrogen-bond acceptors (Lipinski definition) is 2. The summed E-state index contributed by atoms with van der Waals surface area (Å²) >= 11 is 0. The van der Waals surface area contributed by atoms with Gasteiger partial charge in [-0.05, 0) is 20.3 Å². The Morgan fingerprint density at radius 2 is 2.25 bits per heavy atom. The number of nitrogens with zero attached hydrogens (tertiary/aromatic N) is 2. The first-order chi connectivity index (χ1) is 5.65. The minimum Gasteiger partial charge on any atom is -0.297 e. The molecule has 0 aromatic carbocycles. The van der Waals surface area contributed by atoms with Crippen LogP contribution >= 0.6 is 0 Å². The molecule has 1 rings (SSSR count). The summed E-state index contributed by atoms with van der Waals surface area (Å²) in [6.07, 6.45) is 2.43. The zero-order valence-corrected chi connectivity index (χ0v) is 7.74. The van der Waals surface area contributed by atoms with Gasteiger partial charge < -0.3 is 0 Å². The van der Waals surface area contributed by atoms with Crippen molar-refractivity contribution in [2.24, 2.45) is 0 Å². The molecule has 0 spiro atoms. The van der Waals surface area contributed by atoms with Crippen molar-refractivity contribution in [3.63, 3.8) is 0 Å². The largest absolute Gasteiger partial charge is 0.297 e. The van der Waals surface area contributed by atoms with Crippen molar-refractivity contribution in [1.82, 2.24) is 9.55 Å². The zero-order chi connectivity index (χ0) is 9.14. The quantitative estimate of drug-likeness (QED) is 0.665. The molecule has 66 valence electrons. The Balaban J connectivity index is 3.12. The van der Waals surface area contributed by atoms with Crippen LogP contribution in [-0.4, -0.2) is 9.55 Å². The Labute approximate surface area is 72.1 Å². The van der Waals surface area contributed by atoms with E-state index in [1.165, 1.54) is 0 Å². The molecular formula is C9H14N2O. The van der Waals surface area contributed by atoms with Gasteiger partial charge >= 0.3 is 0 Å². The molecule has 1 heterocycles. The Morgan fingerprint density at radius 1 is 1.58 bits per heavy atom. The van der Waals surface area contributed by atoms with E-state index in [-0.39, 0.29) is 11.6 Å². The summed E-state index contributed by atoms with van der Waals surface area (Å²) in [7, 11) is 0. The van der Waals surface area contributed by atoms with Crippen LogP contribution in [0.2, 0.25) is 0 Å². The molecule has 0 N–H and O–H groups in total. The SMILES string of the molecule is CCc1cc(=O)n(C(C)C)cn1. The lowest BCUT2D eigenvalue weighted by Crippen LogP contribution is -2.21. The topological polar surface area (TPSA) is 34.9 Å². The number of aromatic nitrogens is 2. The van der Waals surface area contributed by atoms with Crippen LogP contribution in [-0.2, 0) is 6.42 Å². The lowest BCUT2D eigenvalue weighted by atomic mass is 10.3. The Bertz CT molecular complexity index is 315. The third-order valence-corrected chi connectivity index (χ3v) is 1.81. The highest BCUT2D eigenvalue weighted by Crippen LogP contribution is 1.98. The van der Waals surface area contributed by atoms with E-state index in [2.05, 4.69) is 4.98 Å². The molecule has 0 amide bonds. The van der Waals surface area contributed by atoms with Crippen LogP contribution in [0.5, 0.6) is 0 Å². The molecule has 1 aromatic rings. The van der Waals surface area contributed by atoms with Gasteiger partial charge in [-0.15, -0.1) is 0 Å². The second-order valence-corrected chi connectivity index (χ2v) is 3.07. The second-order valence-electron chi connectivity index (χ2n) is 3.07. The predicted octanol–water partition coefficient (Wildman–Crippen LogP) is 1.39. The van der Waals surface area contributed by atoms with Crippen molar-refractivity contribution >= 4 is 0 Å². The average molecular weight is 166 g/mol. The summed E-state index contributed by atoms with van der Waals surface area (Å²) in [5, 5.41) is 0. The highest BCUT2D eigenvalue weighted by molar-refractivity contribution is 4.99. The molecule has 0 aliphatic heterocycles. The van der Waals surface area contributed by atoms with Crippen LogP contribution < -0.4 is 5.56 Å². The molecule has 12 heavy (non-hydrogen) atoms. The first-order valence-electron chi connectivity index (χ1n) is 4.22. The minimum atomic E-state index is 0.0388. The Morgan fingerprint density at radius 3 is 2.67 bits per heavy atom. The third kappa shape index (κ3) is 1.72. The van der Waals surface area contributed by atoms with E-state index in [4.69, 9.17) is 0 Å². The highest BCUT2D eigenvalue weighted by atomic mass is 16.1. The second kappa shape index (κ2) is 3.52. The van der Waals surface area contributed by atoms with E-state index in [9.17, 15) is 4.79 Å². The van der Waals surface area contributed by atoms with Gasteiger partial charge in [-0.2, -0.15) is 0 Å². The van der Waals surface area contributed by atoms with Crippen molar-refractivity contribution in [2.75, 3.05) is 0 Å². The summed E-state index contributed by atoms with van der Waals surface area (Å²) in [6.45, 7) is 5.92. The molecule has 0 aliphatic rings. The monoisotopic (exact) mass is 166 g/mol. The van der Waals surface area contributed by atoms with Gasteiger partial charge in [0.2, 0.25) is 0 Å². The summed E-state index contributed by atoms with van der Waals surface area (Å²) in [4.78, 5) is 15.5. The maximum atomic E-state index is 11.4. The molecule has 0 saturated heterocycles. The van der Waals surface area contributed by atoms with E-state index in [1.54, 1.807) is 17.0 Å². The Kier molecular flexibility index (Phi) is 2.63. The van der Waals surface area contributed by atoms with Crippen LogP contribution in [0.1, 0.15) is 32.5 Å². The maximum Gasteiger partial charge on any atom is 0.253 e. The van der Waals surface area contributed by atoms with E-state index < -0.39 is 0 Å². The maximum absolute atomic E-state index is 11.4. The standard InChI is InChI=1S/C9H14N2O/c1-4-8-5-9(12)11(6-10-8)7(2)3/h5-7H,4H2,1-3H3. The number of hydrogen-bond donors (Lipinski definition) is 0. The average Bonchev–Trinajstić information content (AvgIpc) is 2.03. The molecular weight excluding hydrogens is 152 g/mol. The van der Waals surface area contributed by atoms with Gasteiger partial charge in [-0.3, -0.25) is 9.36 Å². The van der Waals surface area contributed by atoms with Crippen LogP contribution in [0.25, 0.3) is 0 Å². The lowest BCUT2D eigenvalue weighted by molar-refractivity contribution is 0.564. The summed E-state index contributed by atoms with van der Waals surface area (Å²) in [5.74, 6) is 0. The minimum absolute atomic E-state index is 0.0388. The van der Waals surface area contributed by atoms with Crippen LogP contribution in [0.3, 0.4) is 0 Å². The molecule has 3 nitrogen and oxygen atoms in total. The van der Waals surface area contributed by atoms with Crippen molar-refractivity contribution in [3.8, 4) is 0 Å². The van der Waals surface area contributed by atoms with Gasteiger partial charge in [0.1, 0.15) is 0 Å². The molecule has 0 radical (unpaired) electrons. The highest BCUT2D eigenvalue weighted by Gasteiger charge is 2.00. The number of aryl methyl sites for hydroxylation is 1. The van der Waals surface area contributed by atoms with E-state index in [0.717, 1.165) is 12.1 Å². The zero-order valence-electron chi connectivity index (χ0n) is 7.74. The molecule has 0 bridgehead atoms. The van der Waals surface area contributed by atoms with Gasteiger partial charge in [-0.25, -0.2) is 4.98 Å². The first kappa shape index (κ1) is 8.97. The fourth-order valence-electron chi connectivity index (χ4n) is 1.03. The van der Waals surface area contributed by atoms with Crippen LogP contribution in [0.4, 0.5) is 0 Å². The fraction of sp³-hybridized carbons (Fsp3) is 0.556. The molecule has 0 unspecified atom stereocenters. The molecule has 1 aromatic heterocycles. The van der Waals surface area contributed by atoms with E-state index >= 15 is 0 Å². The first-order valence-corrected chi connectivity index (χ1v) is 4.22. The van der Waals surface area contributed by atoms with Gasteiger partial charge in [0.25, 0.3) is 5.56 Å². The smallest absolute Gasteiger partial charge is 0.253 e. The van der Waals surface area contributed by atoms with Gasteiger partial charge in [-0.1, -0.05) is 6.92 Å². The number of rotatable bonds is 2. The third-order valence-electron chi connectivity index (χ3n) is 1.81. The van der Waals surface area contributed by atoms with E-state index in [1.807, 2.05) is 20.8 Å². The predicted molar refractivity (Wildman–Crippen MR) is 48.3 cm³/mol. The summed E-state index contributed by atoms with van der Waals surface area (Å²) in [5.41, 5.74) is 0.897. The van der Waals surface area contributed by atoms with Crippen molar-refractivity contribution in [1.29, 1.82) is 0 Å². The van der Waals surface area contributed by atoms with Crippen molar-refractivity contribution < 1.29 is 0 Å². The van der Waals surface area contributed by atoms with Gasteiger partial charge in [0, 0.05) is 17.8 Å². The van der Waals surface area contributed by atoms with Crippen LogP contribution in [0, 0.1) is 0 Å². The summed E-state index contributed by atoms with van der Waals surface area (Å²) < 4.78 is 1.62. The Hall–Kier alpha value is -1.12. The fourth-order valence-corrected chi connectivity index (χ4v) is 1.03. The molecule has 0 atom stereocenters. The van der Waals surface area contributed by atoms with Gasteiger partial charge in [0.15, 0.2) is 0 Å². The summed E-state index contributed by atoms with van der Waals surface area (Å²) in [6, 6.07) is 1.79. The van der Waals surface area contributed by atoms with Crippen molar-refractivity contribution in [2.45, 2.75) is 33.2 Å². The lowest BCUT2D eigenvalue weighted by Gasteiger charge is -2.08. The molecule has 0 aliphatic carbocycles. The van der Waals surface area contributed by atoms with Crippen LogP contribution in [0.15, 0.2) is 17.2 Å².